The summed E-state index contributed by atoms with van der Waals surface area (Å²) in [6.07, 6.45) is 1.41. The third-order valence-corrected chi connectivity index (χ3v) is 1.14. The fourth-order valence-corrected chi connectivity index (χ4v) is 0.769. The molecule has 1 N–H and O–H groups in total. The Kier molecular flexibility index (Phi) is 5.93. The van der Waals surface area contributed by atoms with E-state index < -0.39 is 10.1 Å². The normalized spacial score (nSPS) is 12.0. The number of hydrogen-bond donors (Lipinski definition) is 1. The van der Waals surface area contributed by atoms with E-state index in [1.165, 1.54) is 6.08 Å². The first-order valence-electron chi connectivity index (χ1n) is 2.57. The number of rotatable bonds is 2. The van der Waals surface area contributed by atoms with Crippen molar-refractivity contribution in [1.82, 2.24) is 0 Å². The van der Waals surface area contributed by atoms with Gasteiger partial charge in [-0.2, -0.15) is 8.42 Å². The van der Waals surface area contributed by atoms with Crippen LogP contribution in [0.5, 0.6) is 0 Å². The Balaban J connectivity index is 0. The first-order chi connectivity index (χ1) is 3.92. The highest BCUT2D eigenvalue weighted by Gasteiger charge is 1.94. The van der Waals surface area contributed by atoms with Crippen molar-refractivity contribution in [2.45, 2.75) is 13.8 Å². The van der Waals surface area contributed by atoms with E-state index in [1.807, 2.05) is 13.8 Å². The zero-order chi connectivity index (χ0) is 7.49. The molecule has 0 aliphatic heterocycles. The highest BCUT2D eigenvalue weighted by atomic mass is 35.5. The molecule has 0 rings (SSSR count). The van der Waals surface area contributed by atoms with Gasteiger partial charge in [-0.25, -0.2) is 0 Å². The van der Waals surface area contributed by atoms with Crippen molar-refractivity contribution in [2.75, 3.05) is 0 Å². The molecule has 0 aromatic rings. The van der Waals surface area contributed by atoms with E-state index in [0.29, 0.717) is 0 Å². The van der Waals surface area contributed by atoms with Gasteiger partial charge in [0.1, 0.15) is 0 Å². The molecule has 0 fully saturated rings. The van der Waals surface area contributed by atoms with E-state index in [-0.39, 0.29) is 18.3 Å². The summed E-state index contributed by atoms with van der Waals surface area (Å²) >= 11 is 0. The molecule has 62 valence electrons. The van der Waals surface area contributed by atoms with Crippen LogP contribution < -0.4 is 0 Å². The number of hydrogen-bond acceptors (Lipinski definition) is 2. The highest BCUT2D eigenvalue weighted by molar-refractivity contribution is 7.88. The lowest BCUT2D eigenvalue weighted by Crippen LogP contribution is -1.90. The van der Waals surface area contributed by atoms with Crippen molar-refractivity contribution in [3.63, 3.8) is 0 Å². The van der Waals surface area contributed by atoms with Crippen molar-refractivity contribution in [1.29, 1.82) is 0 Å². The number of allylic oxidation sites excluding steroid dienone is 1. The Bertz CT molecular complexity index is 193. The van der Waals surface area contributed by atoms with Crippen LogP contribution in [0.3, 0.4) is 0 Å². The van der Waals surface area contributed by atoms with Crippen LogP contribution in [-0.2, 0) is 10.1 Å². The first kappa shape index (κ1) is 12.6. The lowest BCUT2D eigenvalue weighted by molar-refractivity contribution is 0.494. The maximum atomic E-state index is 10.0. The minimum Gasteiger partial charge on any atom is -0.282 e. The SMILES string of the molecule is CC(C)/C=C/S(=O)(=O)O.Cl. The molecule has 0 atom stereocenters. The lowest BCUT2D eigenvalue weighted by atomic mass is 10.2. The summed E-state index contributed by atoms with van der Waals surface area (Å²) in [4.78, 5) is 0. The predicted molar refractivity (Wildman–Crippen MR) is 42.8 cm³/mol. The van der Waals surface area contributed by atoms with Crippen LogP contribution in [0.25, 0.3) is 0 Å². The Morgan fingerprint density at radius 2 is 1.80 bits per heavy atom. The molecule has 0 aromatic carbocycles. The zero-order valence-electron chi connectivity index (χ0n) is 5.81. The topological polar surface area (TPSA) is 54.4 Å². The highest BCUT2D eigenvalue weighted by Crippen LogP contribution is 1.95. The van der Waals surface area contributed by atoms with Gasteiger partial charge in [0.15, 0.2) is 0 Å². The Morgan fingerprint density at radius 3 is 1.90 bits per heavy atom. The van der Waals surface area contributed by atoms with Crippen LogP contribution in [-0.4, -0.2) is 13.0 Å². The molecule has 0 spiro atoms. The maximum Gasteiger partial charge on any atom is 0.287 e. The molecule has 3 nitrogen and oxygen atoms in total. The Labute approximate surface area is 67.3 Å². The second-order valence-electron chi connectivity index (χ2n) is 2.09. The molecule has 0 saturated heterocycles. The van der Waals surface area contributed by atoms with E-state index in [4.69, 9.17) is 4.55 Å². The average molecular weight is 187 g/mol. The van der Waals surface area contributed by atoms with Gasteiger partial charge in [0.05, 0.1) is 5.41 Å². The van der Waals surface area contributed by atoms with Gasteiger partial charge in [-0.3, -0.25) is 4.55 Å². The molecule has 0 aromatic heterocycles. The second kappa shape index (κ2) is 4.71. The second-order valence-corrected chi connectivity index (χ2v) is 3.39. The number of halogens is 1. The summed E-state index contributed by atoms with van der Waals surface area (Å²) in [6.45, 7) is 3.64. The average Bonchev–Trinajstić information content (AvgIpc) is 1.59. The van der Waals surface area contributed by atoms with E-state index in [9.17, 15) is 8.42 Å². The summed E-state index contributed by atoms with van der Waals surface area (Å²) in [7, 11) is -3.90. The van der Waals surface area contributed by atoms with Crippen LogP contribution in [0.2, 0.25) is 0 Å². The molecule has 0 heterocycles. The summed E-state index contributed by atoms with van der Waals surface area (Å²) in [6, 6.07) is 0. The molecule has 0 amide bonds. The summed E-state index contributed by atoms with van der Waals surface area (Å²) < 4.78 is 28.2. The summed E-state index contributed by atoms with van der Waals surface area (Å²) in [5.74, 6) is 0.145. The van der Waals surface area contributed by atoms with Crippen molar-refractivity contribution in [3.8, 4) is 0 Å². The van der Waals surface area contributed by atoms with Gasteiger partial charge in [0.2, 0.25) is 0 Å². The minimum atomic E-state index is -3.90. The molecule has 0 aliphatic carbocycles. The van der Waals surface area contributed by atoms with Gasteiger partial charge in [-0.1, -0.05) is 19.9 Å². The van der Waals surface area contributed by atoms with E-state index >= 15 is 0 Å². The minimum absolute atomic E-state index is 0. The fourth-order valence-electron chi connectivity index (χ4n) is 0.256. The summed E-state index contributed by atoms with van der Waals surface area (Å²) in [5.41, 5.74) is 0. The molecule has 5 heteroatoms. The molecule has 0 radical (unpaired) electrons. The van der Waals surface area contributed by atoms with Crippen molar-refractivity contribution in [3.05, 3.63) is 11.5 Å². The Hall–Kier alpha value is -0.0600. The first-order valence-corrected chi connectivity index (χ1v) is 4.08. The monoisotopic (exact) mass is 186 g/mol. The van der Waals surface area contributed by atoms with Gasteiger partial charge in [-0.05, 0) is 5.92 Å². The quantitative estimate of drug-likeness (QED) is 0.665. The third kappa shape index (κ3) is 10.8. The molecule has 0 unspecified atom stereocenters. The maximum absolute atomic E-state index is 10.0. The zero-order valence-corrected chi connectivity index (χ0v) is 7.45. The Morgan fingerprint density at radius 1 is 1.40 bits per heavy atom. The molecular weight excluding hydrogens is 176 g/mol. The van der Waals surface area contributed by atoms with E-state index in [2.05, 4.69) is 0 Å². The molecule has 0 aliphatic rings. The van der Waals surface area contributed by atoms with Crippen LogP contribution >= 0.6 is 12.4 Å². The van der Waals surface area contributed by atoms with Crippen molar-refractivity contribution < 1.29 is 13.0 Å². The van der Waals surface area contributed by atoms with Crippen molar-refractivity contribution >= 4 is 22.5 Å². The fraction of sp³-hybridized carbons (Fsp3) is 0.600. The van der Waals surface area contributed by atoms with Crippen LogP contribution in [0.4, 0.5) is 0 Å². The lowest BCUT2D eigenvalue weighted by Gasteiger charge is -1.89. The predicted octanol–water partition coefficient (Wildman–Crippen LogP) is 1.47. The van der Waals surface area contributed by atoms with E-state index in [1.54, 1.807) is 0 Å². The molecule has 10 heavy (non-hydrogen) atoms. The van der Waals surface area contributed by atoms with Crippen molar-refractivity contribution in [2.24, 2.45) is 5.92 Å². The summed E-state index contributed by atoms with van der Waals surface area (Å²) in [5, 5.41) is 0.789. The standard InChI is InChI=1S/C5H10O3S.ClH/c1-5(2)3-4-9(6,7)8;/h3-5H,1-2H3,(H,6,7,8);1H/b4-3+;. The van der Waals surface area contributed by atoms with Crippen LogP contribution in [0, 0.1) is 5.92 Å². The van der Waals surface area contributed by atoms with Gasteiger partial charge in [-0.15, -0.1) is 12.4 Å². The largest absolute Gasteiger partial charge is 0.287 e. The van der Waals surface area contributed by atoms with Crippen LogP contribution in [0.15, 0.2) is 11.5 Å². The van der Waals surface area contributed by atoms with Gasteiger partial charge in [0, 0.05) is 0 Å². The van der Waals surface area contributed by atoms with Gasteiger partial charge >= 0.3 is 0 Å². The van der Waals surface area contributed by atoms with Crippen LogP contribution in [0.1, 0.15) is 13.8 Å². The van der Waals surface area contributed by atoms with Gasteiger partial charge in [0.25, 0.3) is 10.1 Å². The van der Waals surface area contributed by atoms with Gasteiger partial charge < -0.3 is 0 Å². The third-order valence-electron chi connectivity index (χ3n) is 0.635. The molecule has 0 saturated carbocycles. The molecular formula is C5H11ClO3S. The van der Waals surface area contributed by atoms with E-state index in [0.717, 1.165) is 5.41 Å². The smallest absolute Gasteiger partial charge is 0.282 e. The molecule has 0 bridgehead atoms.